The number of hydrogen-bond acceptors (Lipinski definition) is 3. The Balaban J connectivity index is 2.23. The second kappa shape index (κ2) is 5.07. The first-order valence-electron chi connectivity index (χ1n) is 5.53. The van der Waals surface area contributed by atoms with Crippen molar-refractivity contribution < 1.29 is 17.6 Å². The number of nitrogens with zero attached hydrogens (tertiary/aromatic N) is 1. The van der Waals surface area contributed by atoms with Gasteiger partial charge in [-0.1, -0.05) is 17.7 Å². The summed E-state index contributed by atoms with van der Waals surface area (Å²) in [5, 5.41) is 4.86. The summed E-state index contributed by atoms with van der Waals surface area (Å²) in [7, 11) is -3.65. The lowest BCUT2D eigenvalue weighted by Crippen LogP contribution is -2.28. The summed E-state index contributed by atoms with van der Waals surface area (Å²) in [6.07, 6.45) is 0.0301. The van der Waals surface area contributed by atoms with Crippen molar-refractivity contribution in [1.29, 1.82) is 0 Å². The average Bonchev–Trinajstić information content (AvgIpc) is 2.61. The molecule has 0 bridgehead atoms. The first-order valence-corrected chi connectivity index (χ1v) is 7.62. The minimum absolute atomic E-state index is 0.0301. The zero-order chi connectivity index (χ0) is 14.2. The maximum atomic E-state index is 13.8. The van der Waals surface area contributed by atoms with E-state index in [1.54, 1.807) is 0 Å². The molecule has 0 radical (unpaired) electrons. The van der Waals surface area contributed by atoms with E-state index < -0.39 is 21.8 Å². The van der Waals surface area contributed by atoms with Gasteiger partial charge < -0.3 is 4.90 Å². The standard InChI is InChI=1S/C11H12ClFN2O3S/c12-8-2-1-3-9(11(8)13)15-5-7(4-10(15)16)6-19(14,17)18/h1-3,7H,4-6H2,(H2,14,17,18). The molecule has 1 aromatic carbocycles. The van der Waals surface area contributed by atoms with Gasteiger partial charge in [0.1, 0.15) is 0 Å². The highest BCUT2D eigenvalue weighted by atomic mass is 35.5. The molecule has 1 aromatic rings. The monoisotopic (exact) mass is 306 g/mol. The number of hydrogen-bond donors (Lipinski definition) is 1. The number of benzene rings is 1. The number of amides is 1. The molecule has 0 spiro atoms. The van der Waals surface area contributed by atoms with Crippen molar-refractivity contribution in [2.24, 2.45) is 11.1 Å². The zero-order valence-electron chi connectivity index (χ0n) is 9.84. The average molecular weight is 307 g/mol. The molecule has 1 saturated heterocycles. The normalized spacial score (nSPS) is 20.1. The Morgan fingerprint density at radius 2 is 2.16 bits per heavy atom. The quantitative estimate of drug-likeness (QED) is 0.908. The highest BCUT2D eigenvalue weighted by molar-refractivity contribution is 7.89. The van der Waals surface area contributed by atoms with Crippen LogP contribution in [0.2, 0.25) is 5.02 Å². The molecule has 104 valence electrons. The molecule has 19 heavy (non-hydrogen) atoms. The molecule has 0 saturated carbocycles. The zero-order valence-corrected chi connectivity index (χ0v) is 11.4. The highest BCUT2D eigenvalue weighted by Crippen LogP contribution is 2.30. The summed E-state index contributed by atoms with van der Waals surface area (Å²) >= 11 is 5.65. The van der Waals surface area contributed by atoms with Gasteiger partial charge in [0.15, 0.2) is 5.82 Å². The summed E-state index contributed by atoms with van der Waals surface area (Å²) < 4.78 is 35.8. The van der Waals surface area contributed by atoms with Crippen LogP contribution in [0.3, 0.4) is 0 Å². The summed E-state index contributed by atoms with van der Waals surface area (Å²) in [5.41, 5.74) is 0.0643. The van der Waals surface area contributed by atoms with Crippen molar-refractivity contribution >= 4 is 33.2 Å². The number of nitrogens with two attached hydrogens (primary N) is 1. The minimum atomic E-state index is -3.65. The first kappa shape index (κ1) is 14.2. The Bertz CT molecular complexity index is 620. The molecule has 1 fully saturated rings. The molecule has 1 atom stereocenters. The molecule has 1 amide bonds. The maximum Gasteiger partial charge on any atom is 0.227 e. The van der Waals surface area contributed by atoms with E-state index in [-0.39, 0.29) is 35.3 Å². The predicted octanol–water partition coefficient (Wildman–Crippen LogP) is 1.12. The van der Waals surface area contributed by atoms with Crippen molar-refractivity contribution in [2.45, 2.75) is 6.42 Å². The van der Waals surface area contributed by atoms with Crippen LogP contribution in [-0.4, -0.2) is 26.6 Å². The maximum absolute atomic E-state index is 13.8. The van der Waals surface area contributed by atoms with Crippen LogP contribution in [0.5, 0.6) is 0 Å². The second-order valence-electron chi connectivity index (χ2n) is 4.48. The molecule has 8 heteroatoms. The third-order valence-corrected chi connectivity index (χ3v) is 4.12. The number of primary sulfonamides is 1. The van der Waals surface area contributed by atoms with Crippen molar-refractivity contribution in [3.63, 3.8) is 0 Å². The van der Waals surface area contributed by atoms with E-state index in [2.05, 4.69) is 0 Å². The summed E-state index contributed by atoms with van der Waals surface area (Å²) in [4.78, 5) is 13.0. The third kappa shape index (κ3) is 3.23. The Kier molecular flexibility index (Phi) is 3.80. The van der Waals surface area contributed by atoms with E-state index in [0.29, 0.717) is 0 Å². The second-order valence-corrected chi connectivity index (χ2v) is 6.54. The first-order chi connectivity index (χ1) is 8.78. The van der Waals surface area contributed by atoms with Crippen LogP contribution < -0.4 is 10.0 Å². The number of carbonyl (C=O) groups is 1. The fraction of sp³-hybridized carbons (Fsp3) is 0.364. The van der Waals surface area contributed by atoms with Crippen molar-refractivity contribution in [3.05, 3.63) is 29.0 Å². The van der Waals surface area contributed by atoms with Gasteiger partial charge in [0.25, 0.3) is 0 Å². The van der Waals surface area contributed by atoms with E-state index >= 15 is 0 Å². The topological polar surface area (TPSA) is 80.5 Å². The lowest BCUT2D eigenvalue weighted by molar-refractivity contribution is -0.117. The van der Waals surface area contributed by atoms with Gasteiger partial charge in [0.2, 0.25) is 15.9 Å². The Morgan fingerprint density at radius 3 is 2.79 bits per heavy atom. The SMILES string of the molecule is NS(=O)(=O)CC1CC(=O)N(c2cccc(Cl)c2F)C1. The lowest BCUT2D eigenvalue weighted by atomic mass is 10.1. The minimum Gasteiger partial charge on any atom is -0.309 e. The summed E-state index contributed by atoms with van der Waals surface area (Å²) in [6, 6.07) is 4.34. The number of carbonyl (C=O) groups excluding carboxylic acids is 1. The molecule has 1 heterocycles. The van der Waals surface area contributed by atoms with Gasteiger partial charge in [-0.3, -0.25) is 4.79 Å². The Hall–Kier alpha value is -1.18. The number of sulfonamides is 1. The van der Waals surface area contributed by atoms with Crippen LogP contribution in [0.15, 0.2) is 18.2 Å². The van der Waals surface area contributed by atoms with Gasteiger partial charge in [-0.15, -0.1) is 0 Å². The third-order valence-electron chi connectivity index (χ3n) is 2.90. The van der Waals surface area contributed by atoms with Gasteiger partial charge in [0, 0.05) is 18.9 Å². The number of anilines is 1. The van der Waals surface area contributed by atoms with E-state index in [0.717, 1.165) is 0 Å². The fourth-order valence-corrected chi connectivity index (χ4v) is 3.21. The van der Waals surface area contributed by atoms with E-state index in [4.69, 9.17) is 16.7 Å². The molecule has 1 unspecified atom stereocenters. The van der Waals surface area contributed by atoms with Gasteiger partial charge in [-0.2, -0.15) is 0 Å². The summed E-state index contributed by atoms with van der Waals surface area (Å²) in [5.74, 6) is -1.75. The molecule has 2 N–H and O–H groups in total. The molecule has 1 aliphatic rings. The van der Waals surface area contributed by atoms with E-state index in [1.165, 1.54) is 23.1 Å². The largest absolute Gasteiger partial charge is 0.309 e. The Morgan fingerprint density at radius 1 is 1.47 bits per heavy atom. The van der Waals surface area contributed by atoms with Gasteiger partial charge in [0.05, 0.1) is 16.5 Å². The van der Waals surface area contributed by atoms with Crippen LogP contribution in [0.4, 0.5) is 10.1 Å². The molecule has 1 aliphatic heterocycles. The predicted molar refractivity (Wildman–Crippen MR) is 69.8 cm³/mol. The molecule has 2 rings (SSSR count). The smallest absolute Gasteiger partial charge is 0.227 e. The molecule has 0 aromatic heterocycles. The number of halogens is 2. The Labute approximate surface area is 115 Å². The highest BCUT2D eigenvalue weighted by Gasteiger charge is 2.34. The number of rotatable bonds is 3. The van der Waals surface area contributed by atoms with Crippen LogP contribution in [0, 0.1) is 11.7 Å². The van der Waals surface area contributed by atoms with Crippen LogP contribution in [-0.2, 0) is 14.8 Å². The van der Waals surface area contributed by atoms with Gasteiger partial charge in [-0.25, -0.2) is 17.9 Å². The van der Waals surface area contributed by atoms with Crippen LogP contribution in [0.25, 0.3) is 0 Å². The molecule has 5 nitrogen and oxygen atoms in total. The molecule has 0 aliphatic carbocycles. The lowest BCUT2D eigenvalue weighted by Gasteiger charge is -2.17. The summed E-state index contributed by atoms with van der Waals surface area (Å²) in [6.45, 7) is 0.118. The van der Waals surface area contributed by atoms with E-state index in [1.807, 2.05) is 0 Å². The van der Waals surface area contributed by atoms with Crippen molar-refractivity contribution in [3.8, 4) is 0 Å². The van der Waals surface area contributed by atoms with E-state index in [9.17, 15) is 17.6 Å². The van der Waals surface area contributed by atoms with Crippen molar-refractivity contribution in [2.75, 3.05) is 17.2 Å². The van der Waals surface area contributed by atoms with Crippen molar-refractivity contribution in [1.82, 2.24) is 0 Å². The molecular weight excluding hydrogens is 295 g/mol. The van der Waals surface area contributed by atoms with Crippen LogP contribution in [0.1, 0.15) is 6.42 Å². The fourth-order valence-electron chi connectivity index (χ4n) is 2.16. The molecular formula is C11H12ClFN2O3S. The van der Waals surface area contributed by atoms with Crippen LogP contribution >= 0.6 is 11.6 Å². The van der Waals surface area contributed by atoms with Gasteiger partial charge >= 0.3 is 0 Å². The van der Waals surface area contributed by atoms with Gasteiger partial charge in [-0.05, 0) is 12.1 Å².